The van der Waals surface area contributed by atoms with E-state index in [-0.39, 0.29) is 0 Å². The van der Waals surface area contributed by atoms with Crippen LogP contribution in [-0.4, -0.2) is 9.78 Å². The van der Waals surface area contributed by atoms with Crippen molar-refractivity contribution >= 4 is 23.2 Å². The molecule has 1 heterocycles. The summed E-state index contributed by atoms with van der Waals surface area (Å²) in [7, 11) is -1.05. The fourth-order valence-corrected chi connectivity index (χ4v) is 4.82. The van der Waals surface area contributed by atoms with Gasteiger partial charge < -0.3 is 4.57 Å². The van der Waals surface area contributed by atoms with Gasteiger partial charge in [-0.05, 0) is 6.07 Å². The lowest BCUT2D eigenvalue weighted by Gasteiger charge is -2.17. The molecule has 1 aromatic heterocycles. The third-order valence-corrected chi connectivity index (χ3v) is 6.20. The zero-order chi connectivity index (χ0) is 14.0. The van der Waals surface area contributed by atoms with E-state index in [1.165, 1.54) is 0 Å². The highest BCUT2D eigenvalue weighted by molar-refractivity contribution is 7.85. The van der Waals surface area contributed by atoms with Crippen LogP contribution in [0.3, 0.4) is 0 Å². The van der Waals surface area contributed by atoms with Crippen molar-refractivity contribution in [1.29, 1.82) is 0 Å². The summed E-state index contributed by atoms with van der Waals surface area (Å²) in [6, 6.07) is 21.0. The van der Waals surface area contributed by atoms with Gasteiger partial charge in [0.05, 0.1) is 0 Å². The second-order valence-electron chi connectivity index (χ2n) is 4.63. The highest BCUT2D eigenvalue weighted by Crippen LogP contribution is 2.41. The summed E-state index contributed by atoms with van der Waals surface area (Å²) in [5.74, 6) is 0. The second-order valence-corrected chi connectivity index (χ2v) is 7.34. The first-order chi connectivity index (χ1) is 9.71. The molecule has 3 aromatic rings. The molecular weight excluding hydrogens is 267 g/mol. The molecule has 20 heavy (non-hydrogen) atoms. The normalized spacial score (nSPS) is 11.4. The van der Waals surface area contributed by atoms with E-state index >= 15 is 0 Å². The van der Waals surface area contributed by atoms with Crippen LogP contribution in [-0.2, 0) is 11.6 Å². The van der Waals surface area contributed by atoms with E-state index < -0.39 is 7.14 Å². The van der Waals surface area contributed by atoms with Crippen LogP contribution in [0.4, 0.5) is 0 Å². The van der Waals surface area contributed by atoms with Crippen molar-refractivity contribution in [1.82, 2.24) is 9.78 Å². The maximum absolute atomic E-state index is 13.8. The van der Waals surface area contributed by atoms with Gasteiger partial charge in [-0.2, -0.15) is 5.10 Å². The minimum Gasteiger partial charge on any atom is -0.307 e. The van der Waals surface area contributed by atoms with E-state index in [0.717, 1.165) is 10.6 Å². The molecule has 0 saturated carbocycles. The van der Waals surface area contributed by atoms with E-state index in [2.05, 4.69) is 5.10 Å². The van der Waals surface area contributed by atoms with Crippen molar-refractivity contribution in [2.45, 2.75) is 0 Å². The molecule has 3 rings (SSSR count). The first-order valence-corrected chi connectivity index (χ1v) is 8.13. The molecule has 0 fully saturated rings. The molecule has 2 aromatic carbocycles. The summed E-state index contributed by atoms with van der Waals surface area (Å²) in [6.07, 6.45) is 1.83. The third kappa shape index (κ3) is 2.10. The molecule has 0 bridgehead atoms. The number of rotatable bonds is 3. The monoisotopic (exact) mass is 282 g/mol. The smallest absolute Gasteiger partial charge is 0.190 e. The van der Waals surface area contributed by atoms with Crippen molar-refractivity contribution in [3.8, 4) is 0 Å². The summed E-state index contributed by atoms with van der Waals surface area (Å²) in [4.78, 5) is 0. The minimum atomic E-state index is -2.89. The molecule has 0 unspecified atom stereocenters. The van der Waals surface area contributed by atoms with Crippen LogP contribution < -0.4 is 16.0 Å². The zero-order valence-corrected chi connectivity index (χ0v) is 12.1. The van der Waals surface area contributed by atoms with Crippen LogP contribution in [0.5, 0.6) is 0 Å². The average molecular weight is 282 g/mol. The quantitative estimate of drug-likeness (QED) is 0.689. The van der Waals surface area contributed by atoms with Crippen LogP contribution >= 0.6 is 7.14 Å². The number of benzene rings is 2. The second kappa shape index (κ2) is 5.10. The number of aryl methyl sites for hydroxylation is 1. The SMILES string of the molecule is Cn1ccc(P(=O)(c2ccccc2)c2ccccc2)n1. The lowest BCUT2D eigenvalue weighted by Crippen LogP contribution is -2.26. The Morgan fingerprint density at radius 2 is 1.35 bits per heavy atom. The fourth-order valence-electron chi connectivity index (χ4n) is 2.26. The lowest BCUT2D eigenvalue weighted by molar-refractivity contribution is 0.591. The van der Waals surface area contributed by atoms with Gasteiger partial charge in [-0.1, -0.05) is 60.7 Å². The Morgan fingerprint density at radius 1 is 0.850 bits per heavy atom. The summed E-state index contributed by atoms with van der Waals surface area (Å²) >= 11 is 0. The lowest BCUT2D eigenvalue weighted by atomic mass is 10.4. The first kappa shape index (κ1) is 12.9. The van der Waals surface area contributed by atoms with E-state index in [4.69, 9.17) is 0 Å². The number of hydrogen-bond acceptors (Lipinski definition) is 2. The van der Waals surface area contributed by atoms with Gasteiger partial charge >= 0.3 is 0 Å². The molecule has 0 amide bonds. The van der Waals surface area contributed by atoms with Crippen molar-refractivity contribution < 1.29 is 4.57 Å². The summed E-state index contributed by atoms with van der Waals surface area (Å²) in [5.41, 5.74) is 0.623. The largest absolute Gasteiger partial charge is 0.307 e. The maximum Gasteiger partial charge on any atom is 0.190 e. The standard InChI is InChI=1S/C16H15N2OP/c1-18-13-12-16(17-18)20(19,14-8-4-2-5-9-14)15-10-6-3-7-11-15/h2-13H,1H3. The van der Waals surface area contributed by atoms with Crippen molar-refractivity contribution in [3.05, 3.63) is 72.9 Å². The Kier molecular flexibility index (Phi) is 3.29. The summed E-state index contributed by atoms with van der Waals surface area (Å²) in [5, 5.41) is 6.01. The Balaban J connectivity index is 2.26. The molecule has 0 N–H and O–H groups in total. The van der Waals surface area contributed by atoms with Gasteiger partial charge in [0.2, 0.25) is 0 Å². The van der Waals surface area contributed by atoms with Gasteiger partial charge in [0.15, 0.2) is 7.14 Å². The third-order valence-electron chi connectivity index (χ3n) is 3.26. The molecule has 0 atom stereocenters. The molecule has 0 saturated heterocycles. The van der Waals surface area contributed by atoms with Crippen LogP contribution in [0.1, 0.15) is 0 Å². The fraction of sp³-hybridized carbons (Fsp3) is 0.0625. The van der Waals surface area contributed by atoms with E-state index in [9.17, 15) is 4.57 Å². The number of nitrogens with zero attached hydrogens (tertiary/aromatic N) is 2. The molecule has 3 nitrogen and oxygen atoms in total. The van der Waals surface area contributed by atoms with Gasteiger partial charge in [0.25, 0.3) is 0 Å². The van der Waals surface area contributed by atoms with Gasteiger partial charge in [-0.25, -0.2) is 0 Å². The molecule has 100 valence electrons. The van der Waals surface area contributed by atoms with E-state index in [1.54, 1.807) is 4.68 Å². The molecular formula is C16H15N2OP. The minimum absolute atomic E-state index is 0.623. The zero-order valence-electron chi connectivity index (χ0n) is 11.2. The number of hydrogen-bond donors (Lipinski definition) is 0. The summed E-state index contributed by atoms with van der Waals surface area (Å²) in [6.45, 7) is 0. The predicted molar refractivity (Wildman–Crippen MR) is 82.6 cm³/mol. The number of aromatic nitrogens is 2. The Morgan fingerprint density at radius 3 is 1.75 bits per heavy atom. The molecule has 0 aliphatic heterocycles. The highest BCUT2D eigenvalue weighted by Gasteiger charge is 2.31. The highest BCUT2D eigenvalue weighted by atomic mass is 31.2. The van der Waals surface area contributed by atoms with Gasteiger partial charge in [-0.15, -0.1) is 0 Å². The average Bonchev–Trinajstić information content (AvgIpc) is 2.95. The van der Waals surface area contributed by atoms with Gasteiger partial charge in [-0.3, -0.25) is 4.68 Å². The van der Waals surface area contributed by atoms with Crippen LogP contribution in [0.15, 0.2) is 72.9 Å². The van der Waals surface area contributed by atoms with Gasteiger partial charge in [0.1, 0.15) is 5.44 Å². The van der Waals surface area contributed by atoms with Crippen LogP contribution in [0.25, 0.3) is 0 Å². The van der Waals surface area contributed by atoms with E-state index in [0.29, 0.717) is 5.44 Å². The Hall–Kier alpha value is -2.12. The molecule has 4 heteroatoms. The van der Waals surface area contributed by atoms with E-state index in [1.807, 2.05) is 80.0 Å². The Labute approximate surface area is 118 Å². The van der Waals surface area contributed by atoms with Crippen molar-refractivity contribution in [2.24, 2.45) is 7.05 Å². The molecule has 0 radical (unpaired) electrons. The van der Waals surface area contributed by atoms with Crippen molar-refractivity contribution in [2.75, 3.05) is 0 Å². The predicted octanol–water partition coefficient (Wildman–Crippen LogP) is 2.06. The molecule has 0 spiro atoms. The topological polar surface area (TPSA) is 34.9 Å². The maximum atomic E-state index is 13.8. The molecule has 0 aliphatic carbocycles. The van der Waals surface area contributed by atoms with Crippen LogP contribution in [0.2, 0.25) is 0 Å². The van der Waals surface area contributed by atoms with Crippen molar-refractivity contribution in [3.63, 3.8) is 0 Å². The van der Waals surface area contributed by atoms with Crippen LogP contribution in [0, 0.1) is 0 Å². The van der Waals surface area contributed by atoms with Gasteiger partial charge in [0, 0.05) is 23.9 Å². The first-order valence-electron chi connectivity index (χ1n) is 6.43. The summed E-state index contributed by atoms with van der Waals surface area (Å²) < 4.78 is 15.4. The Bertz CT molecular complexity index is 707. The molecule has 0 aliphatic rings.